The Morgan fingerprint density at radius 3 is 2.09 bits per heavy atom. The van der Waals surface area contributed by atoms with Crippen LogP contribution in [0.2, 0.25) is 0 Å². The van der Waals surface area contributed by atoms with Crippen LogP contribution in [0.1, 0.15) is 0 Å². The van der Waals surface area contributed by atoms with Gasteiger partial charge in [0.15, 0.2) is 0 Å². The minimum atomic E-state index is 0.990. The van der Waals surface area contributed by atoms with Crippen LogP contribution in [0, 0.1) is 0 Å². The molecule has 0 saturated heterocycles. The Hall–Kier alpha value is -2.03. The quantitative estimate of drug-likeness (QED) is 0.399. The molecule has 0 aliphatic carbocycles. The molecule has 2 heteroatoms. The standard InChI is InChI=1S/C20H14S2/c21-16-12-10-14(11-13-16)19-17-8-4-5-9-18(17)22-20(19)15-6-2-1-3-7-15/h1-13,21H. The summed E-state index contributed by atoms with van der Waals surface area (Å²) in [7, 11) is 0. The van der Waals surface area contributed by atoms with Crippen LogP contribution in [0.5, 0.6) is 0 Å². The van der Waals surface area contributed by atoms with Crippen molar-refractivity contribution in [2.45, 2.75) is 4.90 Å². The lowest BCUT2D eigenvalue weighted by Crippen LogP contribution is -1.80. The summed E-state index contributed by atoms with van der Waals surface area (Å²) in [6.45, 7) is 0. The smallest absolute Gasteiger partial charge is 0.0433 e. The molecule has 0 aliphatic heterocycles. The Morgan fingerprint density at radius 1 is 0.636 bits per heavy atom. The van der Waals surface area contributed by atoms with Crippen molar-refractivity contribution in [2.24, 2.45) is 0 Å². The van der Waals surface area contributed by atoms with E-state index >= 15 is 0 Å². The van der Waals surface area contributed by atoms with E-state index in [0.717, 1.165) is 4.90 Å². The molecule has 0 aliphatic rings. The van der Waals surface area contributed by atoms with E-state index in [1.165, 1.54) is 31.7 Å². The van der Waals surface area contributed by atoms with E-state index < -0.39 is 0 Å². The Morgan fingerprint density at radius 2 is 1.32 bits per heavy atom. The van der Waals surface area contributed by atoms with E-state index in [4.69, 9.17) is 0 Å². The van der Waals surface area contributed by atoms with Crippen molar-refractivity contribution in [1.82, 2.24) is 0 Å². The molecule has 0 spiro atoms. The number of thiol groups is 1. The van der Waals surface area contributed by atoms with Gasteiger partial charge in [-0.1, -0.05) is 60.7 Å². The molecule has 0 amide bonds. The van der Waals surface area contributed by atoms with Crippen molar-refractivity contribution in [3.05, 3.63) is 78.9 Å². The van der Waals surface area contributed by atoms with E-state index in [1.54, 1.807) is 0 Å². The molecule has 1 heterocycles. The van der Waals surface area contributed by atoms with Gasteiger partial charge in [-0.2, -0.15) is 0 Å². The maximum Gasteiger partial charge on any atom is 0.0433 e. The number of hydrogen-bond acceptors (Lipinski definition) is 2. The number of rotatable bonds is 2. The maximum absolute atomic E-state index is 4.40. The van der Waals surface area contributed by atoms with Gasteiger partial charge >= 0.3 is 0 Å². The van der Waals surface area contributed by atoms with E-state index in [-0.39, 0.29) is 0 Å². The molecule has 0 radical (unpaired) electrons. The molecule has 0 N–H and O–H groups in total. The van der Waals surface area contributed by atoms with Crippen molar-refractivity contribution < 1.29 is 0 Å². The van der Waals surface area contributed by atoms with Crippen LogP contribution in [-0.2, 0) is 0 Å². The van der Waals surface area contributed by atoms with Crippen LogP contribution in [0.3, 0.4) is 0 Å². The van der Waals surface area contributed by atoms with Crippen LogP contribution in [0.25, 0.3) is 31.7 Å². The zero-order valence-corrected chi connectivity index (χ0v) is 13.6. The summed E-state index contributed by atoms with van der Waals surface area (Å²) in [5, 5.41) is 1.32. The summed E-state index contributed by atoms with van der Waals surface area (Å²) in [4.78, 5) is 2.32. The lowest BCUT2D eigenvalue weighted by Gasteiger charge is -2.06. The number of benzene rings is 3. The third-order valence-electron chi connectivity index (χ3n) is 3.79. The molecule has 4 aromatic rings. The predicted molar refractivity (Wildman–Crippen MR) is 99.9 cm³/mol. The Kier molecular flexibility index (Phi) is 3.49. The largest absolute Gasteiger partial charge is 0.143 e. The van der Waals surface area contributed by atoms with Gasteiger partial charge in [0.1, 0.15) is 0 Å². The summed E-state index contributed by atoms with van der Waals surface area (Å²) in [6.07, 6.45) is 0. The van der Waals surface area contributed by atoms with Crippen LogP contribution < -0.4 is 0 Å². The van der Waals surface area contributed by atoms with E-state index in [1.807, 2.05) is 11.3 Å². The number of fused-ring (bicyclic) bond motifs is 1. The molecule has 0 atom stereocenters. The molecule has 0 nitrogen and oxygen atoms in total. The fourth-order valence-corrected chi connectivity index (χ4v) is 4.13. The highest BCUT2D eigenvalue weighted by Crippen LogP contribution is 2.44. The first kappa shape index (κ1) is 13.6. The third kappa shape index (κ3) is 2.35. The molecule has 3 aromatic carbocycles. The minimum absolute atomic E-state index is 0.990. The Bertz CT molecular complexity index is 919. The van der Waals surface area contributed by atoms with Crippen LogP contribution >= 0.6 is 24.0 Å². The Labute approximate surface area is 139 Å². The highest BCUT2D eigenvalue weighted by atomic mass is 32.1. The van der Waals surface area contributed by atoms with Gasteiger partial charge in [-0.3, -0.25) is 0 Å². The monoisotopic (exact) mass is 318 g/mol. The second-order valence-corrected chi connectivity index (χ2v) is 6.78. The molecule has 0 unspecified atom stereocenters. The summed E-state index contributed by atoms with van der Waals surface area (Å²) >= 11 is 6.26. The molecule has 1 aromatic heterocycles. The van der Waals surface area contributed by atoms with Gasteiger partial charge in [0, 0.05) is 25.4 Å². The molecule has 4 rings (SSSR count). The van der Waals surface area contributed by atoms with Crippen LogP contribution in [0.4, 0.5) is 0 Å². The third-order valence-corrected chi connectivity index (χ3v) is 5.31. The molecule has 0 bridgehead atoms. The number of thiophene rings is 1. The maximum atomic E-state index is 4.40. The number of hydrogen-bond donors (Lipinski definition) is 1. The molecule has 0 saturated carbocycles. The van der Waals surface area contributed by atoms with Crippen molar-refractivity contribution >= 4 is 34.1 Å². The average molecular weight is 318 g/mol. The normalized spacial score (nSPS) is 11.0. The van der Waals surface area contributed by atoms with E-state index in [2.05, 4.69) is 91.5 Å². The summed E-state index contributed by atoms with van der Waals surface area (Å²) in [5.41, 5.74) is 3.84. The first-order valence-corrected chi connectivity index (χ1v) is 8.45. The molecular formula is C20H14S2. The van der Waals surface area contributed by atoms with Gasteiger partial charge in [0.25, 0.3) is 0 Å². The highest BCUT2D eigenvalue weighted by Gasteiger charge is 2.14. The van der Waals surface area contributed by atoms with Crippen molar-refractivity contribution in [2.75, 3.05) is 0 Å². The Balaban J connectivity index is 2.04. The van der Waals surface area contributed by atoms with Crippen LogP contribution in [-0.4, -0.2) is 0 Å². The van der Waals surface area contributed by atoms with Crippen LogP contribution in [0.15, 0.2) is 83.8 Å². The lowest BCUT2D eigenvalue weighted by atomic mass is 9.99. The average Bonchev–Trinajstić information content (AvgIpc) is 2.96. The van der Waals surface area contributed by atoms with Crippen molar-refractivity contribution in [1.29, 1.82) is 0 Å². The lowest BCUT2D eigenvalue weighted by molar-refractivity contribution is 1.48. The van der Waals surface area contributed by atoms with Gasteiger partial charge in [-0.15, -0.1) is 24.0 Å². The zero-order valence-electron chi connectivity index (χ0n) is 11.9. The van der Waals surface area contributed by atoms with Crippen molar-refractivity contribution in [3.8, 4) is 21.6 Å². The first-order chi connectivity index (χ1) is 10.8. The molecule has 22 heavy (non-hydrogen) atoms. The van der Waals surface area contributed by atoms with Gasteiger partial charge in [0.05, 0.1) is 0 Å². The second-order valence-electron chi connectivity index (χ2n) is 5.22. The summed E-state index contributed by atoms with van der Waals surface area (Å²) in [6, 6.07) is 27.7. The zero-order chi connectivity index (χ0) is 14.9. The molecule has 0 fully saturated rings. The van der Waals surface area contributed by atoms with Gasteiger partial charge in [-0.25, -0.2) is 0 Å². The van der Waals surface area contributed by atoms with Gasteiger partial charge in [-0.05, 0) is 29.3 Å². The van der Waals surface area contributed by atoms with Gasteiger partial charge in [0.2, 0.25) is 0 Å². The van der Waals surface area contributed by atoms with Crippen molar-refractivity contribution in [3.63, 3.8) is 0 Å². The minimum Gasteiger partial charge on any atom is -0.143 e. The summed E-state index contributed by atoms with van der Waals surface area (Å²) in [5.74, 6) is 0. The summed E-state index contributed by atoms with van der Waals surface area (Å²) < 4.78 is 1.33. The second kappa shape index (κ2) is 5.64. The fourth-order valence-electron chi connectivity index (χ4n) is 2.75. The fraction of sp³-hybridized carbons (Fsp3) is 0. The topological polar surface area (TPSA) is 0 Å². The molecular weight excluding hydrogens is 304 g/mol. The SMILES string of the molecule is Sc1ccc(-c2c(-c3ccccc3)sc3ccccc23)cc1. The van der Waals surface area contributed by atoms with Gasteiger partial charge < -0.3 is 0 Å². The molecule has 106 valence electrons. The first-order valence-electron chi connectivity index (χ1n) is 7.19. The van der Waals surface area contributed by atoms with E-state index in [9.17, 15) is 0 Å². The van der Waals surface area contributed by atoms with E-state index in [0.29, 0.717) is 0 Å². The predicted octanol–water partition coefficient (Wildman–Crippen LogP) is 6.52. The highest BCUT2D eigenvalue weighted by molar-refractivity contribution is 7.80.